The minimum Gasteiger partial charge on any atom is -0.484 e. The first kappa shape index (κ1) is 38.6. The van der Waals surface area contributed by atoms with E-state index in [1.807, 2.05) is 68.4 Å². The van der Waals surface area contributed by atoms with Crippen molar-refractivity contribution in [2.24, 2.45) is 11.7 Å². The van der Waals surface area contributed by atoms with Crippen molar-refractivity contribution in [3.8, 4) is 11.5 Å². The lowest BCUT2D eigenvalue weighted by Gasteiger charge is -2.31. The summed E-state index contributed by atoms with van der Waals surface area (Å²) in [6, 6.07) is 23.0. The van der Waals surface area contributed by atoms with Gasteiger partial charge in [-0.15, -0.1) is 0 Å². The summed E-state index contributed by atoms with van der Waals surface area (Å²) >= 11 is 1.65. The molecule has 3 N–H and O–H groups in total. The Balaban J connectivity index is 1.59. The number of esters is 1. The fourth-order valence-electron chi connectivity index (χ4n) is 5.28. The van der Waals surface area contributed by atoms with E-state index in [-0.39, 0.29) is 37.4 Å². The molecule has 1 heterocycles. The van der Waals surface area contributed by atoms with E-state index in [1.54, 1.807) is 18.7 Å². The maximum atomic E-state index is 12.8. The highest BCUT2D eigenvalue weighted by Crippen LogP contribution is 2.44. The number of aromatic nitrogens is 2. The van der Waals surface area contributed by atoms with E-state index < -0.39 is 19.4 Å². The average molecular weight is 721 g/mol. The molecule has 0 saturated heterocycles. The van der Waals surface area contributed by atoms with E-state index in [0.29, 0.717) is 23.9 Å². The van der Waals surface area contributed by atoms with Crippen LogP contribution >= 0.6 is 19.0 Å². The van der Waals surface area contributed by atoms with Gasteiger partial charge in [-0.05, 0) is 92.0 Å². The van der Waals surface area contributed by atoms with Crippen LogP contribution in [0.2, 0.25) is 0 Å². The molecule has 1 amide bonds. The normalized spacial score (nSPS) is 13.1. The van der Waals surface area contributed by atoms with E-state index in [2.05, 4.69) is 61.8 Å². The first-order valence-electron chi connectivity index (χ1n) is 16.7. The van der Waals surface area contributed by atoms with Crippen LogP contribution in [-0.4, -0.2) is 46.9 Å². The molecule has 0 fully saturated rings. The molecule has 2 atom stereocenters. The number of hydrogen-bond acceptors (Lipinski definition) is 9. The number of amides is 1. The number of carbonyl (C=O) groups is 2. The fourth-order valence-corrected chi connectivity index (χ4v) is 8.64. The number of ether oxygens (including phenoxy) is 3. The number of para-hydroxylation sites is 1. The number of primary amides is 1. The third kappa shape index (κ3) is 10.9. The quantitative estimate of drug-likeness (QED) is 0.0818. The van der Waals surface area contributed by atoms with Gasteiger partial charge in [0, 0.05) is 11.4 Å². The van der Waals surface area contributed by atoms with Crippen molar-refractivity contribution < 1.29 is 28.3 Å². The molecule has 2 unspecified atom stereocenters. The molecule has 12 heteroatoms. The van der Waals surface area contributed by atoms with Gasteiger partial charge in [0.15, 0.2) is 13.0 Å². The molecule has 0 bridgehead atoms. The van der Waals surface area contributed by atoms with Crippen molar-refractivity contribution >= 4 is 37.4 Å². The average Bonchev–Trinajstić information content (AvgIpc) is 3.39. The Kier molecular flexibility index (Phi) is 13.6. The summed E-state index contributed by atoms with van der Waals surface area (Å²) in [5.41, 5.74) is 9.60. The molecule has 1 aromatic heterocycles. The molecule has 0 spiro atoms. The maximum Gasteiger partial charge on any atom is 0.404 e. The minimum absolute atomic E-state index is 0.0451. The van der Waals surface area contributed by atoms with Gasteiger partial charge in [-0.3, -0.25) is 9.88 Å². The van der Waals surface area contributed by atoms with Gasteiger partial charge in [0.25, 0.3) is 0 Å². The Morgan fingerprint density at radius 3 is 2.20 bits per heavy atom. The van der Waals surface area contributed by atoms with Crippen LogP contribution in [0.5, 0.6) is 11.5 Å². The highest BCUT2D eigenvalue weighted by atomic mass is 32.2. The number of nitrogens with zero attached hydrogens (tertiary/aromatic N) is 2. The highest BCUT2D eigenvalue weighted by Gasteiger charge is 2.31. The summed E-state index contributed by atoms with van der Waals surface area (Å²) in [6.45, 7) is 14.8. The van der Waals surface area contributed by atoms with Crippen LogP contribution in [0.1, 0.15) is 68.7 Å². The Bertz CT molecular complexity index is 1770. The largest absolute Gasteiger partial charge is 0.484 e. The van der Waals surface area contributed by atoms with Gasteiger partial charge in [0.1, 0.15) is 35.7 Å². The minimum atomic E-state index is -2.78. The number of carbonyl (C=O) groups excluding carboxylic acids is 2. The Labute approximate surface area is 300 Å². The standard InChI is InChI=1S/C38H49N4O6PS/c1-9-45-37(43)35(26(4)5)41-49(8,48-31-13-11-10-12-14-31)24-47-30-17-15-29(16-18-30)22-42-33(23-46-38(39)44)40-34(25(2)3)36(42)50-32-20-27(6)19-28(7)21-32/h10-21,25-26,35,41H,8-9,22-24H2,1-7H3,(H2,39,44). The van der Waals surface area contributed by atoms with Crippen LogP contribution in [0.15, 0.2) is 82.7 Å². The fraction of sp³-hybridized carbons (Fsp3) is 0.368. The van der Waals surface area contributed by atoms with E-state index >= 15 is 0 Å². The molecule has 10 nitrogen and oxygen atoms in total. The summed E-state index contributed by atoms with van der Waals surface area (Å²) in [5.74, 6) is 1.56. The van der Waals surface area contributed by atoms with Crippen LogP contribution in [-0.2, 0) is 27.4 Å². The molecule has 50 heavy (non-hydrogen) atoms. The summed E-state index contributed by atoms with van der Waals surface area (Å²) in [4.78, 5) is 30.4. The number of nitrogens with two attached hydrogens (primary N) is 1. The molecular weight excluding hydrogens is 671 g/mol. The zero-order chi connectivity index (χ0) is 36.4. The Morgan fingerprint density at radius 1 is 0.960 bits per heavy atom. The second kappa shape index (κ2) is 17.7. The van der Waals surface area contributed by atoms with E-state index in [4.69, 9.17) is 29.5 Å². The van der Waals surface area contributed by atoms with Crippen molar-refractivity contribution in [2.45, 2.75) is 83.5 Å². The summed E-state index contributed by atoms with van der Waals surface area (Å²) in [7, 11) is -2.78. The van der Waals surface area contributed by atoms with Gasteiger partial charge < -0.3 is 29.0 Å². The number of aryl methyl sites for hydroxylation is 2. The number of rotatable bonds is 17. The molecule has 0 aliphatic carbocycles. The molecule has 0 aliphatic heterocycles. The predicted molar refractivity (Wildman–Crippen MR) is 201 cm³/mol. The first-order chi connectivity index (χ1) is 23.8. The molecule has 4 rings (SSSR count). The molecule has 4 aromatic rings. The van der Waals surface area contributed by atoms with E-state index in [9.17, 15) is 9.59 Å². The SMILES string of the molecule is C=P(COc1ccc(Cn2c(COC(N)=O)nc(C(C)C)c2Sc2cc(C)cc(C)c2)cc1)(NC(C(=O)OCC)C(C)C)Oc1ccccc1. The van der Waals surface area contributed by atoms with Crippen molar-refractivity contribution in [1.29, 1.82) is 0 Å². The number of imidazole rings is 1. The van der Waals surface area contributed by atoms with Gasteiger partial charge in [0.05, 0.1) is 12.3 Å². The molecule has 268 valence electrons. The summed E-state index contributed by atoms with van der Waals surface area (Å²) in [5, 5.41) is 4.35. The van der Waals surface area contributed by atoms with E-state index in [1.165, 1.54) is 11.1 Å². The zero-order valence-corrected chi connectivity index (χ0v) is 31.7. The number of hydrogen-bond donors (Lipinski definition) is 2. The van der Waals surface area contributed by atoms with Gasteiger partial charge in [-0.2, -0.15) is 0 Å². The van der Waals surface area contributed by atoms with Crippen LogP contribution < -0.4 is 20.1 Å². The summed E-state index contributed by atoms with van der Waals surface area (Å²) < 4.78 is 25.3. The lowest BCUT2D eigenvalue weighted by Crippen LogP contribution is -2.42. The van der Waals surface area contributed by atoms with Gasteiger partial charge in [-0.25, -0.2) is 9.78 Å². The van der Waals surface area contributed by atoms with Crippen LogP contribution in [0.25, 0.3) is 0 Å². The van der Waals surface area contributed by atoms with E-state index in [0.717, 1.165) is 21.2 Å². The van der Waals surface area contributed by atoms with Crippen molar-refractivity contribution in [2.75, 3.05) is 13.0 Å². The van der Waals surface area contributed by atoms with Crippen LogP contribution in [0.3, 0.4) is 0 Å². The molecule has 0 aliphatic rings. The molecular formula is C38H49N4O6PS. The second-order valence-corrected chi connectivity index (χ2v) is 16.3. The predicted octanol–water partition coefficient (Wildman–Crippen LogP) is 8.29. The Hall–Kier alpha value is -4.18. The van der Waals surface area contributed by atoms with Crippen molar-refractivity contribution in [3.05, 3.63) is 101 Å². The van der Waals surface area contributed by atoms with Gasteiger partial charge in [0.2, 0.25) is 0 Å². The Morgan fingerprint density at radius 2 is 1.62 bits per heavy atom. The zero-order valence-electron chi connectivity index (χ0n) is 30.0. The van der Waals surface area contributed by atoms with Crippen LogP contribution in [0, 0.1) is 19.8 Å². The third-order valence-corrected chi connectivity index (χ3v) is 10.6. The van der Waals surface area contributed by atoms with Crippen LogP contribution in [0.4, 0.5) is 4.79 Å². The second-order valence-electron chi connectivity index (χ2n) is 12.8. The molecule has 0 saturated carbocycles. The van der Waals surface area contributed by atoms with Gasteiger partial charge >= 0.3 is 12.1 Å². The smallest absolute Gasteiger partial charge is 0.404 e. The van der Waals surface area contributed by atoms with Crippen molar-refractivity contribution in [3.63, 3.8) is 0 Å². The number of benzene rings is 3. The van der Waals surface area contributed by atoms with Gasteiger partial charge in [-0.1, -0.05) is 75.9 Å². The maximum absolute atomic E-state index is 12.8. The molecule has 3 aromatic carbocycles. The monoisotopic (exact) mass is 720 g/mol. The molecule has 0 radical (unpaired) electrons. The van der Waals surface area contributed by atoms with Crippen molar-refractivity contribution in [1.82, 2.24) is 14.6 Å². The first-order valence-corrected chi connectivity index (χ1v) is 19.6. The summed E-state index contributed by atoms with van der Waals surface area (Å²) in [6.07, 6.45) is 3.67. The number of nitrogens with one attached hydrogen (secondary N) is 1. The lowest BCUT2D eigenvalue weighted by molar-refractivity contribution is -0.146. The third-order valence-electron chi connectivity index (χ3n) is 7.63. The highest BCUT2D eigenvalue weighted by molar-refractivity contribution is 7.99. The topological polar surface area (TPSA) is 127 Å². The lowest BCUT2D eigenvalue weighted by atomic mass is 10.1.